The molecule has 1 saturated heterocycles. The first-order valence-corrected chi connectivity index (χ1v) is 10.1. The van der Waals surface area contributed by atoms with E-state index in [0.717, 1.165) is 30.9 Å². The van der Waals surface area contributed by atoms with Crippen molar-refractivity contribution in [2.75, 3.05) is 46.4 Å². The van der Waals surface area contributed by atoms with E-state index in [-0.39, 0.29) is 11.8 Å². The van der Waals surface area contributed by atoms with E-state index in [1.54, 1.807) is 31.4 Å². The van der Waals surface area contributed by atoms with Crippen molar-refractivity contribution < 1.29 is 14.3 Å². The molecule has 154 valence electrons. The first kappa shape index (κ1) is 21.1. The largest absolute Gasteiger partial charge is 0.497 e. The summed E-state index contributed by atoms with van der Waals surface area (Å²) in [6, 6.07) is 14.4. The van der Waals surface area contributed by atoms with Gasteiger partial charge in [0.25, 0.3) is 5.91 Å². The number of nitrogens with zero attached hydrogens (tertiary/aromatic N) is 2. The van der Waals surface area contributed by atoms with Gasteiger partial charge in [0.2, 0.25) is 5.91 Å². The molecule has 1 heterocycles. The summed E-state index contributed by atoms with van der Waals surface area (Å²) in [4.78, 5) is 28.8. The van der Waals surface area contributed by atoms with Crippen molar-refractivity contribution in [2.24, 2.45) is 0 Å². The van der Waals surface area contributed by atoms with Gasteiger partial charge < -0.3 is 15.0 Å². The Kier molecular flexibility index (Phi) is 7.49. The van der Waals surface area contributed by atoms with Crippen LogP contribution >= 0.6 is 11.6 Å². The highest BCUT2D eigenvalue weighted by molar-refractivity contribution is 6.30. The molecule has 0 aliphatic carbocycles. The van der Waals surface area contributed by atoms with Crippen molar-refractivity contribution in [3.8, 4) is 5.75 Å². The second-order valence-corrected chi connectivity index (χ2v) is 7.45. The van der Waals surface area contributed by atoms with Crippen LogP contribution in [-0.4, -0.2) is 68.0 Å². The van der Waals surface area contributed by atoms with E-state index in [1.807, 2.05) is 29.2 Å². The third-order valence-corrected chi connectivity index (χ3v) is 5.31. The Balaban J connectivity index is 1.36. The second-order valence-electron chi connectivity index (χ2n) is 7.01. The number of amides is 2. The fourth-order valence-corrected chi connectivity index (χ4v) is 3.41. The SMILES string of the molecule is COc1ccc(C(=O)NCCN2CCN(C(=O)Cc3ccc(Cl)cc3)CC2)cc1. The number of halogens is 1. The lowest BCUT2D eigenvalue weighted by atomic mass is 10.1. The minimum Gasteiger partial charge on any atom is -0.497 e. The Hall–Kier alpha value is -2.57. The van der Waals surface area contributed by atoms with Gasteiger partial charge in [0.1, 0.15) is 5.75 Å². The molecule has 0 aromatic heterocycles. The third-order valence-electron chi connectivity index (χ3n) is 5.06. The molecule has 1 aliphatic rings. The zero-order valence-electron chi connectivity index (χ0n) is 16.6. The van der Waals surface area contributed by atoms with Gasteiger partial charge in [-0.1, -0.05) is 23.7 Å². The van der Waals surface area contributed by atoms with Crippen LogP contribution in [-0.2, 0) is 11.2 Å². The number of nitrogens with one attached hydrogen (secondary N) is 1. The monoisotopic (exact) mass is 415 g/mol. The van der Waals surface area contributed by atoms with Crippen LogP contribution in [0, 0.1) is 0 Å². The summed E-state index contributed by atoms with van der Waals surface area (Å²) in [5.74, 6) is 0.772. The number of carbonyl (C=O) groups excluding carboxylic acids is 2. The van der Waals surface area contributed by atoms with Crippen LogP contribution in [0.25, 0.3) is 0 Å². The van der Waals surface area contributed by atoms with Gasteiger partial charge in [-0.2, -0.15) is 0 Å². The Morgan fingerprint density at radius 2 is 1.66 bits per heavy atom. The van der Waals surface area contributed by atoms with E-state index >= 15 is 0 Å². The molecule has 0 saturated carbocycles. The van der Waals surface area contributed by atoms with E-state index in [9.17, 15) is 9.59 Å². The smallest absolute Gasteiger partial charge is 0.251 e. The van der Waals surface area contributed by atoms with Gasteiger partial charge in [-0.3, -0.25) is 14.5 Å². The Morgan fingerprint density at radius 1 is 1.00 bits per heavy atom. The Labute approximate surface area is 176 Å². The van der Waals surface area contributed by atoms with Crippen LogP contribution in [0.15, 0.2) is 48.5 Å². The number of methoxy groups -OCH3 is 1. The molecule has 3 rings (SSSR count). The van der Waals surface area contributed by atoms with Gasteiger partial charge in [-0.25, -0.2) is 0 Å². The first-order valence-electron chi connectivity index (χ1n) is 9.72. The molecule has 29 heavy (non-hydrogen) atoms. The molecule has 6 nitrogen and oxygen atoms in total. The topological polar surface area (TPSA) is 61.9 Å². The third kappa shape index (κ3) is 6.21. The number of rotatable bonds is 7. The van der Waals surface area contributed by atoms with E-state index in [0.29, 0.717) is 36.6 Å². The van der Waals surface area contributed by atoms with Crippen LogP contribution in [0.1, 0.15) is 15.9 Å². The summed E-state index contributed by atoms with van der Waals surface area (Å²) in [6.45, 7) is 4.37. The molecule has 0 spiro atoms. The van der Waals surface area contributed by atoms with Crippen molar-refractivity contribution in [3.63, 3.8) is 0 Å². The number of ether oxygens (including phenoxy) is 1. The summed E-state index contributed by atoms with van der Waals surface area (Å²) >= 11 is 5.89. The maximum atomic E-state index is 12.5. The molecule has 1 N–H and O–H groups in total. The molecule has 0 atom stereocenters. The molecule has 1 aliphatic heterocycles. The van der Waals surface area contributed by atoms with Gasteiger partial charge in [-0.15, -0.1) is 0 Å². The normalized spacial score (nSPS) is 14.5. The van der Waals surface area contributed by atoms with Crippen molar-refractivity contribution in [3.05, 3.63) is 64.7 Å². The van der Waals surface area contributed by atoms with Crippen molar-refractivity contribution >= 4 is 23.4 Å². The van der Waals surface area contributed by atoms with Gasteiger partial charge in [0, 0.05) is 49.9 Å². The molecule has 0 unspecified atom stereocenters. The predicted octanol–water partition coefficient (Wildman–Crippen LogP) is 2.47. The van der Waals surface area contributed by atoms with Crippen LogP contribution in [0.3, 0.4) is 0 Å². The highest BCUT2D eigenvalue weighted by Crippen LogP contribution is 2.12. The van der Waals surface area contributed by atoms with E-state index < -0.39 is 0 Å². The zero-order valence-corrected chi connectivity index (χ0v) is 17.3. The maximum absolute atomic E-state index is 12.5. The maximum Gasteiger partial charge on any atom is 0.251 e. The lowest BCUT2D eigenvalue weighted by molar-refractivity contribution is -0.132. The lowest BCUT2D eigenvalue weighted by Crippen LogP contribution is -2.50. The molecule has 2 aromatic rings. The molecule has 0 bridgehead atoms. The quantitative estimate of drug-likeness (QED) is 0.754. The molecule has 7 heteroatoms. The van der Waals surface area contributed by atoms with E-state index in [4.69, 9.17) is 16.3 Å². The van der Waals surface area contributed by atoms with Crippen LogP contribution in [0.5, 0.6) is 5.75 Å². The molecular formula is C22H26ClN3O3. The summed E-state index contributed by atoms with van der Waals surface area (Å²) in [5, 5.41) is 3.62. The first-order chi connectivity index (χ1) is 14.0. The summed E-state index contributed by atoms with van der Waals surface area (Å²) in [6.07, 6.45) is 0.398. The molecule has 1 fully saturated rings. The van der Waals surface area contributed by atoms with Crippen molar-refractivity contribution in [2.45, 2.75) is 6.42 Å². The van der Waals surface area contributed by atoms with Crippen molar-refractivity contribution in [1.29, 1.82) is 0 Å². The zero-order chi connectivity index (χ0) is 20.6. The van der Waals surface area contributed by atoms with Crippen LogP contribution < -0.4 is 10.1 Å². The molecule has 2 aromatic carbocycles. The summed E-state index contributed by atoms with van der Waals surface area (Å²) < 4.78 is 5.10. The highest BCUT2D eigenvalue weighted by Gasteiger charge is 2.21. The van der Waals surface area contributed by atoms with E-state index in [1.165, 1.54) is 0 Å². The second kappa shape index (κ2) is 10.3. The van der Waals surface area contributed by atoms with Gasteiger partial charge in [0.15, 0.2) is 0 Å². The predicted molar refractivity (Wildman–Crippen MR) is 114 cm³/mol. The van der Waals surface area contributed by atoms with Gasteiger partial charge in [-0.05, 0) is 42.0 Å². The van der Waals surface area contributed by atoms with Gasteiger partial charge in [0.05, 0.1) is 13.5 Å². The Bertz CT molecular complexity index is 816. The van der Waals surface area contributed by atoms with Crippen LogP contribution in [0.2, 0.25) is 5.02 Å². The standard InChI is InChI=1S/C22H26ClN3O3/c1-29-20-8-4-18(5-9-20)22(28)24-10-11-25-12-14-26(15-13-25)21(27)16-17-2-6-19(23)7-3-17/h2-9H,10-16H2,1H3,(H,24,28). The summed E-state index contributed by atoms with van der Waals surface area (Å²) in [7, 11) is 1.60. The van der Waals surface area contributed by atoms with Crippen LogP contribution in [0.4, 0.5) is 0 Å². The molecule has 2 amide bonds. The van der Waals surface area contributed by atoms with Crippen molar-refractivity contribution in [1.82, 2.24) is 15.1 Å². The van der Waals surface area contributed by atoms with Gasteiger partial charge >= 0.3 is 0 Å². The average Bonchev–Trinajstić information content (AvgIpc) is 2.75. The number of piperazine rings is 1. The fraction of sp³-hybridized carbons (Fsp3) is 0.364. The molecule has 0 radical (unpaired) electrons. The Morgan fingerprint density at radius 3 is 2.28 bits per heavy atom. The van der Waals surface area contributed by atoms with E-state index in [2.05, 4.69) is 10.2 Å². The number of hydrogen-bond acceptors (Lipinski definition) is 4. The molecular weight excluding hydrogens is 390 g/mol. The lowest BCUT2D eigenvalue weighted by Gasteiger charge is -2.34. The minimum atomic E-state index is -0.0931. The highest BCUT2D eigenvalue weighted by atomic mass is 35.5. The number of carbonyl (C=O) groups is 2. The number of benzene rings is 2. The fourth-order valence-electron chi connectivity index (χ4n) is 3.28. The average molecular weight is 416 g/mol. The summed E-state index contributed by atoms with van der Waals surface area (Å²) in [5.41, 5.74) is 1.59. The number of hydrogen-bond donors (Lipinski definition) is 1. The minimum absolute atomic E-state index is 0.0931.